The van der Waals surface area contributed by atoms with Gasteiger partial charge < -0.3 is 4.57 Å². The van der Waals surface area contributed by atoms with Crippen LogP contribution in [0.4, 0.5) is 0 Å². The largest absolute Gasteiger partial charge is 0.309 e. The molecular formula is C53H30N2. The number of hydrogen-bond donors (Lipinski definition) is 0. The molecule has 0 aliphatic carbocycles. The average Bonchev–Trinajstić information content (AvgIpc) is 3.59. The van der Waals surface area contributed by atoms with Gasteiger partial charge in [-0.05, 0) is 124 Å². The van der Waals surface area contributed by atoms with E-state index in [2.05, 4.69) is 187 Å². The number of hydrogen-bond acceptors (Lipinski definition) is 1. The Balaban J connectivity index is 1.00. The van der Waals surface area contributed by atoms with E-state index in [-0.39, 0.29) is 0 Å². The molecule has 0 radical (unpaired) electrons. The van der Waals surface area contributed by atoms with E-state index < -0.39 is 0 Å². The molecule has 0 unspecified atom stereocenters. The Morgan fingerprint density at radius 3 is 1.67 bits per heavy atom. The molecule has 12 rings (SSSR count). The molecule has 0 N–H and O–H groups in total. The van der Waals surface area contributed by atoms with Crippen LogP contribution in [-0.2, 0) is 0 Å². The highest BCUT2D eigenvalue weighted by Gasteiger charge is 2.20. The summed E-state index contributed by atoms with van der Waals surface area (Å²) >= 11 is 0. The van der Waals surface area contributed by atoms with Gasteiger partial charge in [0, 0.05) is 21.8 Å². The summed E-state index contributed by atoms with van der Waals surface area (Å²) in [7, 11) is 0. The quantitative estimate of drug-likeness (QED) is 0.169. The van der Waals surface area contributed by atoms with Crippen LogP contribution in [0, 0.1) is 11.3 Å². The highest BCUT2D eigenvalue weighted by Crippen LogP contribution is 2.45. The molecule has 0 aliphatic rings. The van der Waals surface area contributed by atoms with Gasteiger partial charge in [-0.15, -0.1) is 0 Å². The van der Waals surface area contributed by atoms with Crippen molar-refractivity contribution in [2.24, 2.45) is 0 Å². The minimum atomic E-state index is 0.707. The molecule has 0 saturated heterocycles. The second-order valence-corrected chi connectivity index (χ2v) is 14.8. The Labute approximate surface area is 317 Å². The topological polar surface area (TPSA) is 28.7 Å². The zero-order valence-corrected chi connectivity index (χ0v) is 29.7. The molecule has 0 spiro atoms. The van der Waals surface area contributed by atoms with Crippen molar-refractivity contribution >= 4 is 75.7 Å². The van der Waals surface area contributed by atoms with Gasteiger partial charge in [0.25, 0.3) is 0 Å². The summed E-state index contributed by atoms with van der Waals surface area (Å²) in [6.07, 6.45) is 0. The highest BCUT2D eigenvalue weighted by molar-refractivity contribution is 6.28. The summed E-state index contributed by atoms with van der Waals surface area (Å²) in [5, 5.41) is 24.7. The fourth-order valence-corrected chi connectivity index (χ4v) is 9.38. The maximum atomic E-state index is 9.95. The minimum absolute atomic E-state index is 0.707. The lowest BCUT2D eigenvalue weighted by Gasteiger charge is -2.17. The van der Waals surface area contributed by atoms with Gasteiger partial charge in [0.15, 0.2) is 0 Å². The van der Waals surface area contributed by atoms with Crippen molar-refractivity contribution in [2.45, 2.75) is 0 Å². The lowest BCUT2D eigenvalue weighted by Crippen LogP contribution is -1.93. The van der Waals surface area contributed by atoms with Gasteiger partial charge in [0.1, 0.15) is 0 Å². The van der Waals surface area contributed by atoms with E-state index in [0.29, 0.717) is 5.56 Å². The van der Waals surface area contributed by atoms with E-state index >= 15 is 0 Å². The molecule has 0 bridgehead atoms. The summed E-state index contributed by atoms with van der Waals surface area (Å²) in [5.74, 6) is 0. The van der Waals surface area contributed by atoms with Crippen LogP contribution in [-0.4, -0.2) is 4.57 Å². The van der Waals surface area contributed by atoms with Crippen LogP contribution in [0.2, 0.25) is 0 Å². The molecule has 252 valence electrons. The third-order valence-electron chi connectivity index (χ3n) is 11.9. The van der Waals surface area contributed by atoms with E-state index in [1.807, 2.05) is 6.07 Å². The van der Waals surface area contributed by atoms with E-state index in [0.717, 1.165) is 27.5 Å². The number of fused-ring (bicyclic) bond motifs is 1. The van der Waals surface area contributed by atoms with E-state index in [1.54, 1.807) is 0 Å². The van der Waals surface area contributed by atoms with Gasteiger partial charge in [0.05, 0.1) is 22.7 Å². The van der Waals surface area contributed by atoms with Crippen molar-refractivity contribution in [2.75, 3.05) is 0 Å². The van der Waals surface area contributed by atoms with E-state index in [4.69, 9.17) is 0 Å². The van der Waals surface area contributed by atoms with Crippen LogP contribution in [0.15, 0.2) is 182 Å². The first kappa shape index (κ1) is 30.0. The van der Waals surface area contributed by atoms with Crippen molar-refractivity contribution in [3.8, 4) is 45.1 Å². The molecule has 12 aromatic rings. The van der Waals surface area contributed by atoms with Crippen molar-refractivity contribution < 1.29 is 0 Å². The third kappa shape index (κ3) is 4.30. The number of nitrogens with zero attached hydrogens (tertiary/aromatic N) is 2. The number of nitriles is 1. The normalized spacial score (nSPS) is 12.0. The molecular weight excluding hydrogens is 665 g/mol. The molecule has 0 fully saturated rings. The van der Waals surface area contributed by atoms with Crippen molar-refractivity contribution in [3.05, 3.63) is 188 Å². The Morgan fingerprint density at radius 2 is 0.927 bits per heavy atom. The summed E-state index contributed by atoms with van der Waals surface area (Å²) in [6.45, 7) is 0. The summed E-state index contributed by atoms with van der Waals surface area (Å²) in [6, 6.07) is 68.7. The Morgan fingerprint density at radius 1 is 0.345 bits per heavy atom. The number of para-hydroxylation sites is 1. The molecule has 55 heavy (non-hydrogen) atoms. The van der Waals surface area contributed by atoms with E-state index in [9.17, 15) is 5.26 Å². The number of benzene rings is 11. The molecule has 0 aliphatic heterocycles. The number of rotatable bonds is 4. The predicted octanol–water partition coefficient (Wildman–Crippen LogP) is 14.3. The average molecular weight is 695 g/mol. The SMILES string of the molecule is N#Cc1ccc2c3c1ccc1cc(-c4ccc(-c5ccc6ccc7c(-c8ccc9ccccc9c8)ccc8ccc5c6c87)cc4)cc(c13)n2-c1ccccc1. The van der Waals surface area contributed by atoms with Crippen molar-refractivity contribution in [1.82, 2.24) is 4.57 Å². The Hall–Kier alpha value is -7.47. The lowest BCUT2D eigenvalue weighted by molar-refractivity contribution is 1.18. The molecule has 0 atom stereocenters. The van der Waals surface area contributed by atoms with E-state index in [1.165, 1.54) is 87.2 Å². The van der Waals surface area contributed by atoms with Gasteiger partial charge in [0.2, 0.25) is 0 Å². The smallest absolute Gasteiger partial charge is 0.0998 e. The number of aromatic nitrogens is 1. The molecule has 11 aromatic carbocycles. The molecule has 2 nitrogen and oxygen atoms in total. The Kier molecular flexibility index (Phi) is 6.15. The molecule has 1 heterocycles. The van der Waals surface area contributed by atoms with Gasteiger partial charge >= 0.3 is 0 Å². The van der Waals surface area contributed by atoms with Gasteiger partial charge in [-0.25, -0.2) is 0 Å². The monoisotopic (exact) mass is 694 g/mol. The van der Waals surface area contributed by atoms with Crippen LogP contribution in [0.5, 0.6) is 0 Å². The van der Waals surface area contributed by atoms with Gasteiger partial charge in [-0.2, -0.15) is 5.26 Å². The first-order chi connectivity index (χ1) is 27.2. The van der Waals surface area contributed by atoms with Gasteiger partial charge in [-0.3, -0.25) is 0 Å². The van der Waals surface area contributed by atoms with Crippen molar-refractivity contribution in [1.29, 1.82) is 5.26 Å². The third-order valence-corrected chi connectivity index (χ3v) is 11.9. The van der Waals surface area contributed by atoms with Crippen molar-refractivity contribution in [3.63, 3.8) is 0 Å². The molecule has 1 aromatic heterocycles. The lowest BCUT2D eigenvalue weighted by atomic mass is 9.87. The maximum absolute atomic E-state index is 9.95. The standard InChI is InChI=1S/C53H30N2/c54-31-40-21-27-48-53-45(40)24-20-39-29-41(30-49(52(39)53)55(48)42-8-2-1-3-9-42)33-10-13-34(14-11-33)43-22-16-35-19-26-47-44(23-17-36-18-25-46(43)50(35)51(36)47)38-15-12-32-6-4-5-7-37(32)28-38/h1-30H. The van der Waals surface area contributed by atoms with Crippen LogP contribution in [0.3, 0.4) is 0 Å². The molecule has 2 heteroatoms. The predicted molar refractivity (Wildman–Crippen MR) is 232 cm³/mol. The second-order valence-electron chi connectivity index (χ2n) is 14.8. The van der Waals surface area contributed by atoms with Crippen LogP contribution in [0.25, 0.3) is 115 Å². The zero-order chi connectivity index (χ0) is 36.2. The molecule has 0 amide bonds. The Bertz CT molecular complexity index is 3530. The maximum Gasteiger partial charge on any atom is 0.0998 e. The molecule has 0 saturated carbocycles. The summed E-state index contributed by atoms with van der Waals surface area (Å²) in [5.41, 5.74) is 11.4. The highest BCUT2D eigenvalue weighted by atomic mass is 15.0. The minimum Gasteiger partial charge on any atom is -0.309 e. The van der Waals surface area contributed by atoms with Crippen LogP contribution >= 0.6 is 0 Å². The first-order valence-electron chi connectivity index (χ1n) is 18.8. The fourth-order valence-electron chi connectivity index (χ4n) is 9.38. The first-order valence-corrected chi connectivity index (χ1v) is 18.8. The van der Waals surface area contributed by atoms with Crippen LogP contribution < -0.4 is 0 Å². The second kappa shape index (κ2) is 11.3. The van der Waals surface area contributed by atoms with Crippen LogP contribution in [0.1, 0.15) is 5.56 Å². The van der Waals surface area contributed by atoms with Gasteiger partial charge in [-0.1, -0.05) is 140 Å². The summed E-state index contributed by atoms with van der Waals surface area (Å²) < 4.78 is 2.35. The fraction of sp³-hybridized carbons (Fsp3) is 0. The summed E-state index contributed by atoms with van der Waals surface area (Å²) in [4.78, 5) is 0. The zero-order valence-electron chi connectivity index (χ0n) is 29.7.